The fourth-order valence-electron chi connectivity index (χ4n) is 1.75. The van der Waals surface area contributed by atoms with E-state index >= 15 is 0 Å². The standard InChI is InChI=1S/C16H22O4S/c1-4-19-14(17)10-11-21-15(16(18)20-5-2)13-8-6-12(3)7-9-13/h6-9,15H,4-5,10-11H2,1-3H3/t15-/m1/s1. The van der Waals surface area contributed by atoms with Crippen LogP contribution in [0.1, 0.15) is 36.6 Å². The van der Waals surface area contributed by atoms with Gasteiger partial charge in [-0.1, -0.05) is 29.8 Å². The third kappa shape index (κ3) is 6.21. The van der Waals surface area contributed by atoms with Gasteiger partial charge < -0.3 is 9.47 Å². The number of ether oxygens (including phenoxy) is 2. The molecule has 0 bridgehead atoms. The summed E-state index contributed by atoms with van der Waals surface area (Å²) in [7, 11) is 0. The van der Waals surface area contributed by atoms with Gasteiger partial charge in [-0.25, -0.2) is 0 Å². The molecule has 0 radical (unpaired) electrons. The van der Waals surface area contributed by atoms with Gasteiger partial charge in [0, 0.05) is 5.75 Å². The molecule has 0 heterocycles. The van der Waals surface area contributed by atoms with Crippen LogP contribution in [0.2, 0.25) is 0 Å². The molecule has 0 spiro atoms. The lowest BCUT2D eigenvalue weighted by atomic mass is 10.1. The van der Waals surface area contributed by atoms with Gasteiger partial charge in [-0.2, -0.15) is 0 Å². The normalized spacial score (nSPS) is 11.8. The van der Waals surface area contributed by atoms with E-state index in [2.05, 4.69) is 0 Å². The molecule has 0 N–H and O–H groups in total. The second-order valence-electron chi connectivity index (χ2n) is 4.47. The van der Waals surface area contributed by atoms with Crippen molar-refractivity contribution in [2.24, 2.45) is 0 Å². The van der Waals surface area contributed by atoms with Crippen molar-refractivity contribution in [2.75, 3.05) is 19.0 Å². The third-order valence-corrected chi connectivity index (χ3v) is 4.01. The van der Waals surface area contributed by atoms with Crippen LogP contribution in [0.15, 0.2) is 24.3 Å². The third-order valence-electron chi connectivity index (χ3n) is 2.78. The molecule has 0 saturated heterocycles. The number of carbonyl (C=O) groups excluding carboxylic acids is 2. The Labute approximate surface area is 130 Å². The second kappa shape index (κ2) is 9.45. The Morgan fingerprint density at radius 2 is 1.71 bits per heavy atom. The first-order valence-electron chi connectivity index (χ1n) is 7.08. The number of hydrogen-bond acceptors (Lipinski definition) is 5. The molecule has 21 heavy (non-hydrogen) atoms. The van der Waals surface area contributed by atoms with Crippen molar-refractivity contribution in [2.45, 2.75) is 32.4 Å². The van der Waals surface area contributed by atoms with E-state index in [4.69, 9.17) is 9.47 Å². The van der Waals surface area contributed by atoms with Crippen molar-refractivity contribution in [3.05, 3.63) is 35.4 Å². The fourth-order valence-corrected chi connectivity index (χ4v) is 2.83. The lowest BCUT2D eigenvalue weighted by Gasteiger charge is -2.15. The Morgan fingerprint density at radius 1 is 1.10 bits per heavy atom. The van der Waals surface area contributed by atoms with Crippen molar-refractivity contribution < 1.29 is 19.1 Å². The number of carbonyl (C=O) groups is 2. The Kier molecular flexibility index (Phi) is 7.90. The van der Waals surface area contributed by atoms with E-state index in [1.807, 2.05) is 31.2 Å². The van der Waals surface area contributed by atoms with Crippen molar-refractivity contribution in [1.82, 2.24) is 0 Å². The fraction of sp³-hybridized carbons (Fsp3) is 0.500. The Morgan fingerprint density at radius 3 is 2.29 bits per heavy atom. The smallest absolute Gasteiger partial charge is 0.323 e. The summed E-state index contributed by atoms with van der Waals surface area (Å²) in [5.41, 5.74) is 2.03. The number of aryl methyl sites for hydroxylation is 1. The highest BCUT2D eigenvalue weighted by Crippen LogP contribution is 2.31. The molecule has 0 amide bonds. The van der Waals surface area contributed by atoms with Crippen LogP contribution in [-0.2, 0) is 19.1 Å². The molecule has 0 aliphatic rings. The summed E-state index contributed by atoms with van der Waals surface area (Å²) in [5, 5.41) is -0.403. The molecule has 1 rings (SSSR count). The maximum atomic E-state index is 12.1. The van der Waals surface area contributed by atoms with E-state index in [9.17, 15) is 9.59 Å². The highest BCUT2D eigenvalue weighted by molar-refractivity contribution is 8.00. The zero-order valence-electron chi connectivity index (χ0n) is 12.8. The number of benzene rings is 1. The highest BCUT2D eigenvalue weighted by atomic mass is 32.2. The number of esters is 2. The van der Waals surface area contributed by atoms with Gasteiger partial charge >= 0.3 is 11.9 Å². The molecule has 5 heteroatoms. The van der Waals surface area contributed by atoms with E-state index < -0.39 is 5.25 Å². The lowest BCUT2D eigenvalue weighted by Crippen LogP contribution is -2.14. The zero-order valence-corrected chi connectivity index (χ0v) is 13.6. The number of rotatable bonds is 8. The first kappa shape index (κ1) is 17.6. The van der Waals surface area contributed by atoms with E-state index in [-0.39, 0.29) is 11.9 Å². The van der Waals surface area contributed by atoms with E-state index in [1.165, 1.54) is 11.8 Å². The molecule has 1 atom stereocenters. The summed E-state index contributed by atoms with van der Waals surface area (Å²) in [6, 6.07) is 7.78. The summed E-state index contributed by atoms with van der Waals surface area (Å²) < 4.78 is 10.0. The molecule has 0 saturated carbocycles. The summed E-state index contributed by atoms with van der Waals surface area (Å²) in [6.45, 7) is 6.28. The molecule has 1 aromatic rings. The number of hydrogen-bond donors (Lipinski definition) is 0. The average Bonchev–Trinajstić information content (AvgIpc) is 2.45. The van der Waals surface area contributed by atoms with Crippen molar-refractivity contribution in [1.29, 1.82) is 0 Å². The maximum absolute atomic E-state index is 12.1. The van der Waals surface area contributed by atoms with E-state index in [0.717, 1.165) is 11.1 Å². The largest absolute Gasteiger partial charge is 0.466 e. The van der Waals surface area contributed by atoms with Crippen LogP contribution >= 0.6 is 11.8 Å². The van der Waals surface area contributed by atoms with Gasteiger partial charge in [0.2, 0.25) is 0 Å². The lowest BCUT2D eigenvalue weighted by molar-refractivity contribution is -0.143. The summed E-state index contributed by atoms with van der Waals surface area (Å²) in [6.07, 6.45) is 0.292. The molecule has 1 aromatic carbocycles. The second-order valence-corrected chi connectivity index (χ2v) is 5.68. The molecule has 116 valence electrons. The van der Waals surface area contributed by atoms with Gasteiger partial charge in [0.05, 0.1) is 19.6 Å². The summed E-state index contributed by atoms with van der Waals surface area (Å²) in [4.78, 5) is 23.4. The van der Waals surface area contributed by atoms with Gasteiger partial charge in [-0.05, 0) is 26.3 Å². The van der Waals surface area contributed by atoms with Crippen LogP contribution in [0.25, 0.3) is 0 Å². The van der Waals surface area contributed by atoms with Crippen molar-refractivity contribution in [3.63, 3.8) is 0 Å². The molecule has 0 aliphatic carbocycles. The molecule has 0 fully saturated rings. The van der Waals surface area contributed by atoms with Crippen LogP contribution in [0, 0.1) is 6.92 Å². The molecule has 0 aromatic heterocycles. The van der Waals surface area contributed by atoms with E-state index in [0.29, 0.717) is 25.4 Å². The van der Waals surface area contributed by atoms with Crippen LogP contribution in [-0.4, -0.2) is 30.9 Å². The Balaban J connectivity index is 2.67. The van der Waals surface area contributed by atoms with Crippen LogP contribution in [0.5, 0.6) is 0 Å². The van der Waals surface area contributed by atoms with Gasteiger partial charge in [0.1, 0.15) is 5.25 Å². The maximum Gasteiger partial charge on any atom is 0.323 e. The van der Waals surface area contributed by atoms with Gasteiger partial charge in [0.15, 0.2) is 0 Å². The minimum absolute atomic E-state index is 0.239. The Hall–Kier alpha value is -1.49. The first-order chi connectivity index (χ1) is 10.1. The van der Waals surface area contributed by atoms with Gasteiger partial charge in [0.25, 0.3) is 0 Å². The SMILES string of the molecule is CCOC(=O)CCS[C@@H](C(=O)OCC)c1ccc(C)cc1. The molecular weight excluding hydrogens is 288 g/mol. The van der Waals surface area contributed by atoms with Gasteiger partial charge in [-0.3, -0.25) is 9.59 Å². The number of thioether (sulfide) groups is 1. The van der Waals surface area contributed by atoms with E-state index in [1.54, 1.807) is 13.8 Å². The topological polar surface area (TPSA) is 52.6 Å². The molecule has 4 nitrogen and oxygen atoms in total. The molecule has 0 unspecified atom stereocenters. The van der Waals surface area contributed by atoms with Crippen molar-refractivity contribution >= 4 is 23.7 Å². The van der Waals surface area contributed by atoms with Crippen LogP contribution in [0.4, 0.5) is 0 Å². The summed E-state index contributed by atoms with van der Waals surface area (Å²) in [5.74, 6) is 0.0163. The Bertz CT molecular complexity index is 456. The van der Waals surface area contributed by atoms with Crippen molar-refractivity contribution in [3.8, 4) is 0 Å². The van der Waals surface area contributed by atoms with Crippen LogP contribution in [0.3, 0.4) is 0 Å². The monoisotopic (exact) mass is 310 g/mol. The summed E-state index contributed by atoms with van der Waals surface area (Å²) >= 11 is 1.41. The van der Waals surface area contributed by atoms with Crippen LogP contribution < -0.4 is 0 Å². The first-order valence-corrected chi connectivity index (χ1v) is 8.13. The molecular formula is C16H22O4S. The highest BCUT2D eigenvalue weighted by Gasteiger charge is 2.22. The zero-order chi connectivity index (χ0) is 15.7. The molecule has 0 aliphatic heterocycles. The predicted molar refractivity (Wildman–Crippen MR) is 84.3 cm³/mol. The average molecular weight is 310 g/mol. The quantitative estimate of drug-likeness (QED) is 0.690. The predicted octanol–water partition coefficient (Wildman–Crippen LogP) is 3.29. The van der Waals surface area contributed by atoms with Gasteiger partial charge in [-0.15, -0.1) is 11.8 Å². The minimum atomic E-state index is -0.403. The minimum Gasteiger partial charge on any atom is -0.466 e.